The number of anilines is 1. The maximum atomic E-state index is 13.4. The lowest BCUT2D eigenvalue weighted by Gasteiger charge is -2.22. The normalized spacial score (nSPS) is 18.1. The van der Waals surface area contributed by atoms with E-state index in [1.165, 1.54) is 9.42 Å². The number of benzene rings is 1. The Bertz CT molecular complexity index is 990. The molecule has 1 N–H and O–H groups in total. The first-order valence-corrected chi connectivity index (χ1v) is 9.59. The van der Waals surface area contributed by atoms with Gasteiger partial charge in [-0.3, -0.25) is 14.9 Å². The number of pyridine rings is 1. The molecular formula is C19H17BrFN5O2. The van der Waals surface area contributed by atoms with E-state index in [0.717, 1.165) is 4.47 Å². The zero-order valence-corrected chi connectivity index (χ0v) is 16.3. The molecule has 9 heteroatoms. The second kappa shape index (κ2) is 7.67. The number of fused-ring (bicyclic) bond motifs is 1. The number of amides is 2. The van der Waals surface area contributed by atoms with Gasteiger partial charge < -0.3 is 4.90 Å². The minimum absolute atomic E-state index is 0.155. The minimum Gasteiger partial charge on any atom is -0.329 e. The topological polar surface area (TPSA) is 79.6 Å². The van der Waals surface area contributed by atoms with Gasteiger partial charge in [-0.25, -0.2) is 8.91 Å². The quantitative estimate of drug-likeness (QED) is 0.632. The summed E-state index contributed by atoms with van der Waals surface area (Å²) in [5.41, 5.74) is 1.04. The fourth-order valence-corrected chi connectivity index (χ4v) is 3.16. The highest BCUT2D eigenvalue weighted by atomic mass is 79.9. The number of carbonyl (C=O) groups is 2. The highest BCUT2D eigenvalue weighted by Gasteiger charge is 2.40. The van der Waals surface area contributed by atoms with E-state index < -0.39 is 12.1 Å². The zero-order chi connectivity index (χ0) is 19.7. The van der Waals surface area contributed by atoms with Crippen molar-refractivity contribution >= 4 is 39.3 Å². The summed E-state index contributed by atoms with van der Waals surface area (Å²) in [6.45, 7) is -0.00422. The molecule has 1 fully saturated rings. The lowest BCUT2D eigenvalue weighted by atomic mass is 10.2. The van der Waals surface area contributed by atoms with Gasteiger partial charge >= 0.3 is 0 Å². The van der Waals surface area contributed by atoms with Crippen LogP contribution < -0.4 is 5.32 Å². The maximum Gasteiger partial charge on any atom is 0.254 e. The van der Waals surface area contributed by atoms with Gasteiger partial charge in [-0.15, -0.1) is 5.10 Å². The molecule has 2 atom stereocenters. The Morgan fingerprint density at radius 3 is 2.68 bits per heavy atom. The van der Waals surface area contributed by atoms with Crippen LogP contribution in [0.2, 0.25) is 0 Å². The fraction of sp³-hybridized carbons (Fsp3) is 0.263. The number of nitrogens with zero attached hydrogens (tertiary/aromatic N) is 4. The standard InChI is InChI=1S/C19H17BrFN5O2/c20-14-6-4-12(5-7-14)18(28)25(10-13-9-15(13)21)11-17(27)23-19-22-16-3-1-2-8-26(16)24-19/h1-8,13,15H,9-11H2,(H,23,24,27). The molecule has 3 aromatic rings. The van der Waals surface area contributed by atoms with E-state index >= 15 is 0 Å². The molecule has 0 radical (unpaired) electrons. The average molecular weight is 446 g/mol. The molecule has 2 aromatic heterocycles. The molecule has 2 heterocycles. The summed E-state index contributed by atoms with van der Waals surface area (Å²) in [4.78, 5) is 30.9. The highest BCUT2D eigenvalue weighted by Crippen LogP contribution is 2.34. The van der Waals surface area contributed by atoms with Crippen molar-refractivity contribution in [1.82, 2.24) is 19.5 Å². The van der Waals surface area contributed by atoms with Crippen LogP contribution in [0, 0.1) is 5.92 Å². The van der Waals surface area contributed by atoms with Crippen molar-refractivity contribution in [3.8, 4) is 0 Å². The number of nitrogens with one attached hydrogen (secondary N) is 1. The number of hydrogen-bond acceptors (Lipinski definition) is 4. The van der Waals surface area contributed by atoms with E-state index in [1.807, 2.05) is 6.07 Å². The second-order valence-corrected chi connectivity index (χ2v) is 7.61. The third kappa shape index (κ3) is 4.19. The van der Waals surface area contributed by atoms with Gasteiger partial charge in [0.2, 0.25) is 11.9 Å². The SMILES string of the molecule is O=C(CN(CC1CC1F)C(=O)c1ccc(Br)cc1)Nc1nc2ccccn2n1. The molecule has 1 aromatic carbocycles. The van der Waals surface area contributed by atoms with Gasteiger partial charge in [-0.1, -0.05) is 22.0 Å². The van der Waals surface area contributed by atoms with Crippen LogP contribution >= 0.6 is 15.9 Å². The molecule has 28 heavy (non-hydrogen) atoms. The van der Waals surface area contributed by atoms with Gasteiger partial charge in [-0.05, 0) is 42.8 Å². The Morgan fingerprint density at radius 2 is 2.00 bits per heavy atom. The summed E-state index contributed by atoms with van der Waals surface area (Å²) in [6, 6.07) is 12.2. The summed E-state index contributed by atoms with van der Waals surface area (Å²) >= 11 is 3.33. The average Bonchev–Trinajstić information content (AvgIpc) is 3.21. The van der Waals surface area contributed by atoms with E-state index in [0.29, 0.717) is 17.6 Å². The van der Waals surface area contributed by atoms with Crippen LogP contribution in [-0.2, 0) is 4.79 Å². The number of halogens is 2. The molecule has 7 nitrogen and oxygen atoms in total. The van der Waals surface area contributed by atoms with Gasteiger partial charge in [0.1, 0.15) is 12.7 Å². The van der Waals surface area contributed by atoms with Crippen LogP contribution in [-0.4, -0.2) is 50.6 Å². The van der Waals surface area contributed by atoms with Crippen molar-refractivity contribution in [2.75, 3.05) is 18.4 Å². The van der Waals surface area contributed by atoms with Crippen LogP contribution in [0.25, 0.3) is 5.65 Å². The number of hydrogen-bond donors (Lipinski definition) is 1. The van der Waals surface area contributed by atoms with Crippen molar-refractivity contribution in [3.05, 3.63) is 58.7 Å². The lowest BCUT2D eigenvalue weighted by Crippen LogP contribution is -2.39. The first-order valence-electron chi connectivity index (χ1n) is 8.80. The van der Waals surface area contributed by atoms with Crippen LogP contribution in [0.1, 0.15) is 16.8 Å². The van der Waals surface area contributed by atoms with Crippen molar-refractivity contribution in [3.63, 3.8) is 0 Å². The molecule has 1 aliphatic carbocycles. The molecule has 2 amide bonds. The van der Waals surface area contributed by atoms with Crippen LogP contribution in [0.4, 0.5) is 10.3 Å². The number of aromatic nitrogens is 3. The fourth-order valence-electron chi connectivity index (χ4n) is 2.90. The maximum absolute atomic E-state index is 13.4. The van der Waals surface area contributed by atoms with Crippen molar-refractivity contribution in [1.29, 1.82) is 0 Å². The Hall–Kier alpha value is -2.81. The molecule has 0 saturated heterocycles. The summed E-state index contributed by atoms with van der Waals surface area (Å²) in [5, 5.41) is 6.77. The summed E-state index contributed by atoms with van der Waals surface area (Å²) < 4.78 is 15.8. The molecule has 2 unspecified atom stereocenters. The van der Waals surface area contributed by atoms with Gasteiger partial charge in [0.05, 0.1) is 0 Å². The minimum atomic E-state index is -0.914. The Labute approximate surface area is 168 Å². The van der Waals surface area contributed by atoms with E-state index in [4.69, 9.17) is 0 Å². The molecule has 4 rings (SSSR count). The monoisotopic (exact) mass is 445 g/mol. The number of carbonyl (C=O) groups excluding carboxylic acids is 2. The largest absolute Gasteiger partial charge is 0.329 e. The zero-order valence-electron chi connectivity index (χ0n) is 14.8. The van der Waals surface area contributed by atoms with Crippen molar-refractivity contribution in [2.45, 2.75) is 12.6 Å². The predicted octanol–water partition coefficient (Wildman–Crippen LogP) is 2.93. The summed E-state index contributed by atoms with van der Waals surface area (Å²) in [6.07, 6.45) is 1.22. The molecular weight excluding hydrogens is 429 g/mol. The Kier molecular flexibility index (Phi) is 5.08. The third-order valence-electron chi connectivity index (χ3n) is 4.50. The predicted molar refractivity (Wildman–Crippen MR) is 105 cm³/mol. The van der Waals surface area contributed by atoms with Crippen LogP contribution in [0.15, 0.2) is 53.1 Å². The Balaban J connectivity index is 1.47. The summed E-state index contributed by atoms with van der Waals surface area (Å²) in [5.74, 6) is -0.815. The Morgan fingerprint density at radius 1 is 1.25 bits per heavy atom. The second-order valence-electron chi connectivity index (χ2n) is 6.69. The van der Waals surface area contributed by atoms with Gasteiger partial charge in [0.15, 0.2) is 5.65 Å². The first-order chi connectivity index (χ1) is 13.5. The van der Waals surface area contributed by atoms with Gasteiger partial charge in [-0.2, -0.15) is 4.98 Å². The van der Waals surface area contributed by atoms with Crippen LogP contribution in [0.5, 0.6) is 0 Å². The van der Waals surface area contributed by atoms with Gasteiger partial charge in [0.25, 0.3) is 5.91 Å². The molecule has 0 bridgehead atoms. The smallest absolute Gasteiger partial charge is 0.254 e. The molecule has 0 aliphatic heterocycles. The number of alkyl halides is 1. The molecule has 0 spiro atoms. The van der Waals surface area contributed by atoms with E-state index in [1.54, 1.807) is 42.6 Å². The number of rotatable bonds is 6. The van der Waals surface area contributed by atoms with Crippen LogP contribution in [0.3, 0.4) is 0 Å². The lowest BCUT2D eigenvalue weighted by molar-refractivity contribution is -0.117. The molecule has 144 valence electrons. The summed E-state index contributed by atoms with van der Waals surface area (Å²) in [7, 11) is 0. The van der Waals surface area contributed by atoms with E-state index in [9.17, 15) is 14.0 Å². The first kappa shape index (κ1) is 18.5. The highest BCUT2D eigenvalue weighted by molar-refractivity contribution is 9.10. The molecule has 1 saturated carbocycles. The van der Waals surface area contributed by atoms with E-state index in [-0.39, 0.29) is 30.9 Å². The van der Waals surface area contributed by atoms with Gasteiger partial charge in [0, 0.05) is 28.7 Å². The van der Waals surface area contributed by atoms with Crippen molar-refractivity contribution in [2.24, 2.45) is 5.92 Å². The third-order valence-corrected chi connectivity index (χ3v) is 5.03. The van der Waals surface area contributed by atoms with Crippen molar-refractivity contribution < 1.29 is 14.0 Å². The molecule has 1 aliphatic rings. The van der Waals surface area contributed by atoms with E-state index in [2.05, 4.69) is 31.3 Å².